The van der Waals surface area contributed by atoms with Gasteiger partial charge >= 0.3 is 0 Å². The molecule has 0 saturated heterocycles. The number of aromatic nitrogens is 1. The standard InChI is InChI=1S/C23H34N2O4/c1-4-13-29-19-22(26)18-24(11-7-14-27-2)17-21-9-6-12-25(21)16-20-8-5-10-23(15-20)28-3/h4-6,8-10,12,15,22,26H,1,7,11,13-14,16-19H2,2-3H3/t22-/m1/s1. The molecule has 1 N–H and O–H groups in total. The molecule has 2 rings (SSSR count). The van der Waals surface area contributed by atoms with Gasteiger partial charge in [0.15, 0.2) is 0 Å². The number of hydrogen-bond donors (Lipinski definition) is 1. The molecule has 1 aromatic heterocycles. The monoisotopic (exact) mass is 402 g/mol. The molecule has 0 amide bonds. The van der Waals surface area contributed by atoms with E-state index in [2.05, 4.69) is 46.5 Å². The van der Waals surface area contributed by atoms with Crippen molar-refractivity contribution in [2.24, 2.45) is 0 Å². The molecule has 1 atom stereocenters. The van der Waals surface area contributed by atoms with Gasteiger partial charge < -0.3 is 23.9 Å². The lowest BCUT2D eigenvalue weighted by atomic mass is 10.2. The quantitative estimate of drug-likeness (QED) is 0.367. The first-order chi connectivity index (χ1) is 14.2. The zero-order valence-electron chi connectivity index (χ0n) is 17.6. The van der Waals surface area contributed by atoms with Crippen LogP contribution in [-0.4, -0.2) is 67.8 Å². The maximum atomic E-state index is 10.3. The lowest BCUT2D eigenvalue weighted by molar-refractivity contribution is 0.0225. The van der Waals surface area contributed by atoms with Crippen LogP contribution in [0.2, 0.25) is 0 Å². The Morgan fingerprint density at radius 2 is 2.10 bits per heavy atom. The Hall–Kier alpha value is -2.12. The van der Waals surface area contributed by atoms with E-state index >= 15 is 0 Å². The first kappa shape index (κ1) is 23.2. The van der Waals surface area contributed by atoms with Crippen molar-refractivity contribution in [3.05, 3.63) is 66.5 Å². The molecule has 0 unspecified atom stereocenters. The fourth-order valence-electron chi connectivity index (χ4n) is 3.25. The van der Waals surface area contributed by atoms with Crippen LogP contribution in [0, 0.1) is 0 Å². The minimum absolute atomic E-state index is 0.303. The topological polar surface area (TPSA) is 56.1 Å². The lowest BCUT2D eigenvalue weighted by Gasteiger charge is -2.25. The number of benzene rings is 1. The summed E-state index contributed by atoms with van der Waals surface area (Å²) in [5, 5.41) is 10.3. The summed E-state index contributed by atoms with van der Waals surface area (Å²) in [5.74, 6) is 0.861. The molecule has 1 aromatic carbocycles. The van der Waals surface area contributed by atoms with E-state index in [0.717, 1.165) is 31.8 Å². The third-order valence-electron chi connectivity index (χ3n) is 4.63. The van der Waals surface area contributed by atoms with Crippen molar-refractivity contribution in [1.29, 1.82) is 0 Å². The maximum absolute atomic E-state index is 10.3. The van der Waals surface area contributed by atoms with Gasteiger partial charge in [-0.1, -0.05) is 18.2 Å². The van der Waals surface area contributed by atoms with Gasteiger partial charge in [-0.2, -0.15) is 0 Å². The normalized spacial score (nSPS) is 12.3. The molecule has 160 valence electrons. The van der Waals surface area contributed by atoms with Crippen molar-refractivity contribution in [1.82, 2.24) is 9.47 Å². The number of aliphatic hydroxyl groups excluding tert-OH is 1. The Morgan fingerprint density at radius 3 is 2.86 bits per heavy atom. The smallest absolute Gasteiger partial charge is 0.119 e. The molecule has 1 heterocycles. The molecule has 0 spiro atoms. The van der Waals surface area contributed by atoms with Gasteiger partial charge in [0.25, 0.3) is 0 Å². The molecule has 0 saturated carbocycles. The molecular weight excluding hydrogens is 368 g/mol. The van der Waals surface area contributed by atoms with Crippen LogP contribution in [-0.2, 0) is 22.6 Å². The highest BCUT2D eigenvalue weighted by Crippen LogP contribution is 2.16. The molecule has 0 aliphatic carbocycles. The summed E-state index contributed by atoms with van der Waals surface area (Å²) in [6.45, 7) is 8.00. The molecule has 0 bridgehead atoms. The highest BCUT2D eigenvalue weighted by atomic mass is 16.5. The van der Waals surface area contributed by atoms with Gasteiger partial charge in [0, 0.05) is 51.8 Å². The molecule has 0 fully saturated rings. The first-order valence-electron chi connectivity index (χ1n) is 10.0. The Labute approximate surface area is 174 Å². The second-order valence-electron chi connectivity index (χ2n) is 7.04. The van der Waals surface area contributed by atoms with E-state index < -0.39 is 6.10 Å². The van der Waals surface area contributed by atoms with E-state index in [-0.39, 0.29) is 0 Å². The summed E-state index contributed by atoms with van der Waals surface area (Å²) in [7, 11) is 3.39. The van der Waals surface area contributed by atoms with Crippen LogP contribution in [0.5, 0.6) is 5.75 Å². The van der Waals surface area contributed by atoms with Crippen LogP contribution in [0.4, 0.5) is 0 Å². The summed E-state index contributed by atoms with van der Waals surface area (Å²) in [6, 6.07) is 12.3. The van der Waals surface area contributed by atoms with Crippen LogP contribution in [0.1, 0.15) is 17.7 Å². The first-order valence-corrected chi connectivity index (χ1v) is 10.0. The van der Waals surface area contributed by atoms with E-state index in [1.54, 1.807) is 20.3 Å². The van der Waals surface area contributed by atoms with Gasteiger partial charge in [-0.15, -0.1) is 6.58 Å². The molecule has 0 aliphatic rings. The number of methoxy groups -OCH3 is 2. The van der Waals surface area contributed by atoms with Gasteiger partial charge in [0.1, 0.15) is 5.75 Å². The van der Waals surface area contributed by atoms with Crippen molar-refractivity contribution < 1.29 is 19.3 Å². The third kappa shape index (κ3) is 8.41. The van der Waals surface area contributed by atoms with Gasteiger partial charge in [-0.05, 0) is 36.2 Å². The average Bonchev–Trinajstić information content (AvgIpc) is 3.15. The fraction of sp³-hybridized carbons (Fsp3) is 0.478. The van der Waals surface area contributed by atoms with E-state index in [1.807, 2.05) is 12.1 Å². The maximum Gasteiger partial charge on any atom is 0.119 e. The summed E-state index contributed by atoms with van der Waals surface area (Å²) in [6.07, 6.45) is 4.15. The van der Waals surface area contributed by atoms with Gasteiger partial charge in [-0.25, -0.2) is 0 Å². The zero-order chi connectivity index (χ0) is 20.9. The average molecular weight is 403 g/mol. The predicted octanol–water partition coefficient (Wildman–Crippen LogP) is 2.95. The van der Waals surface area contributed by atoms with Crippen LogP contribution < -0.4 is 4.74 Å². The predicted molar refractivity (Wildman–Crippen MR) is 115 cm³/mol. The Bertz CT molecular complexity index is 716. The zero-order valence-corrected chi connectivity index (χ0v) is 17.6. The molecule has 0 aliphatic heterocycles. The van der Waals surface area contributed by atoms with Crippen LogP contribution in [0.3, 0.4) is 0 Å². The molecule has 6 nitrogen and oxygen atoms in total. The molecule has 0 radical (unpaired) electrons. The number of nitrogens with zero attached hydrogens (tertiary/aromatic N) is 2. The van der Waals surface area contributed by atoms with Crippen molar-refractivity contribution in [3.63, 3.8) is 0 Å². The summed E-state index contributed by atoms with van der Waals surface area (Å²) >= 11 is 0. The molecule has 29 heavy (non-hydrogen) atoms. The number of hydrogen-bond acceptors (Lipinski definition) is 5. The highest BCUT2D eigenvalue weighted by Gasteiger charge is 2.14. The Morgan fingerprint density at radius 1 is 1.24 bits per heavy atom. The molecule has 6 heteroatoms. The SMILES string of the molecule is C=CCOC[C@H](O)CN(CCCOC)Cc1cccn1Cc1cccc(OC)c1. The van der Waals surface area contributed by atoms with Crippen LogP contribution in [0.15, 0.2) is 55.3 Å². The molecule has 2 aromatic rings. The van der Waals surface area contributed by atoms with Gasteiger partial charge in [0.2, 0.25) is 0 Å². The number of aliphatic hydroxyl groups is 1. The fourth-order valence-corrected chi connectivity index (χ4v) is 3.25. The summed E-state index contributed by atoms with van der Waals surface area (Å²) < 4.78 is 18.2. The van der Waals surface area contributed by atoms with Crippen LogP contribution >= 0.6 is 0 Å². The van der Waals surface area contributed by atoms with Crippen molar-refractivity contribution in [2.45, 2.75) is 25.6 Å². The van der Waals surface area contributed by atoms with Gasteiger partial charge in [-0.3, -0.25) is 4.90 Å². The van der Waals surface area contributed by atoms with E-state index in [1.165, 1.54) is 11.3 Å². The summed E-state index contributed by atoms with van der Waals surface area (Å²) in [4.78, 5) is 2.25. The van der Waals surface area contributed by atoms with Gasteiger partial charge in [0.05, 0.1) is 26.4 Å². The van der Waals surface area contributed by atoms with Crippen LogP contribution in [0.25, 0.3) is 0 Å². The van der Waals surface area contributed by atoms with E-state index in [4.69, 9.17) is 14.2 Å². The Kier molecular flexibility index (Phi) is 10.5. The minimum Gasteiger partial charge on any atom is -0.497 e. The van der Waals surface area contributed by atoms with Crippen molar-refractivity contribution >= 4 is 0 Å². The second kappa shape index (κ2) is 13.2. The molecular formula is C23H34N2O4. The minimum atomic E-state index is -0.542. The lowest BCUT2D eigenvalue weighted by Crippen LogP contribution is -2.36. The summed E-state index contributed by atoms with van der Waals surface area (Å²) in [5.41, 5.74) is 2.38. The third-order valence-corrected chi connectivity index (χ3v) is 4.63. The number of ether oxygens (including phenoxy) is 3. The Balaban J connectivity index is 2.01. The van der Waals surface area contributed by atoms with Crippen molar-refractivity contribution in [2.75, 3.05) is 47.1 Å². The highest BCUT2D eigenvalue weighted by molar-refractivity contribution is 5.29. The van der Waals surface area contributed by atoms with Crippen molar-refractivity contribution in [3.8, 4) is 5.75 Å². The largest absolute Gasteiger partial charge is 0.497 e. The van der Waals surface area contributed by atoms with E-state index in [0.29, 0.717) is 26.4 Å². The van der Waals surface area contributed by atoms with E-state index in [9.17, 15) is 5.11 Å². The number of rotatable bonds is 15. The second-order valence-corrected chi connectivity index (χ2v) is 7.04.